The van der Waals surface area contributed by atoms with E-state index in [1.165, 1.54) is 13.2 Å². The van der Waals surface area contributed by atoms with E-state index in [-0.39, 0.29) is 5.91 Å². The van der Waals surface area contributed by atoms with Gasteiger partial charge in [-0.25, -0.2) is 4.98 Å². The number of methoxy groups -OCH3 is 1. The molecule has 110 valence electrons. The highest BCUT2D eigenvalue weighted by atomic mass is 35.5. The third-order valence-corrected chi connectivity index (χ3v) is 3.37. The van der Waals surface area contributed by atoms with Gasteiger partial charge in [0.05, 0.1) is 12.8 Å². The number of halogens is 1. The molecule has 0 saturated heterocycles. The maximum absolute atomic E-state index is 12.3. The van der Waals surface area contributed by atoms with Gasteiger partial charge in [-0.15, -0.1) is 0 Å². The lowest BCUT2D eigenvalue weighted by Crippen LogP contribution is -2.14. The van der Waals surface area contributed by atoms with Crippen molar-refractivity contribution in [3.8, 4) is 5.75 Å². The minimum Gasteiger partial charge on any atom is -0.495 e. The number of rotatable bonds is 3. The Labute approximate surface area is 128 Å². The second kappa shape index (κ2) is 6.01. The molecular weight excluding hydrogens is 290 g/mol. The van der Waals surface area contributed by atoms with E-state index in [1.807, 2.05) is 6.92 Å². The fraction of sp³-hybridized carbons (Fsp3) is 0.200. The van der Waals surface area contributed by atoms with Gasteiger partial charge < -0.3 is 15.8 Å². The molecule has 0 aliphatic carbocycles. The normalized spacial score (nSPS) is 10.3. The second-order valence-electron chi connectivity index (χ2n) is 4.68. The van der Waals surface area contributed by atoms with Crippen LogP contribution >= 0.6 is 11.6 Å². The van der Waals surface area contributed by atoms with Crippen LogP contribution in [0.3, 0.4) is 0 Å². The number of anilines is 2. The zero-order chi connectivity index (χ0) is 15.6. The van der Waals surface area contributed by atoms with Crippen LogP contribution in [-0.2, 0) is 0 Å². The molecule has 1 aromatic heterocycles. The molecule has 0 atom stereocenters. The van der Waals surface area contributed by atoms with E-state index in [4.69, 9.17) is 22.1 Å². The van der Waals surface area contributed by atoms with Crippen LogP contribution in [0.5, 0.6) is 5.75 Å². The van der Waals surface area contributed by atoms with E-state index in [0.29, 0.717) is 33.5 Å². The molecular formula is C15H16ClN3O2. The number of nitrogens with zero attached hydrogens (tertiary/aromatic N) is 1. The number of nitrogens with two attached hydrogens (primary N) is 1. The average molecular weight is 306 g/mol. The summed E-state index contributed by atoms with van der Waals surface area (Å²) in [7, 11) is 1.52. The van der Waals surface area contributed by atoms with Gasteiger partial charge in [0.2, 0.25) is 0 Å². The summed E-state index contributed by atoms with van der Waals surface area (Å²) in [6, 6.07) is 6.62. The Morgan fingerprint density at radius 1 is 1.29 bits per heavy atom. The van der Waals surface area contributed by atoms with E-state index >= 15 is 0 Å². The van der Waals surface area contributed by atoms with Crippen LogP contribution < -0.4 is 15.8 Å². The van der Waals surface area contributed by atoms with Crippen LogP contribution in [0.1, 0.15) is 21.6 Å². The number of benzene rings is 1. The van der Waals surface area contributed by atoms with Crippen LogP contribution in [0.25, 0.3) is 0 Å². The average Bonchev–Trinajstić information content (AvgIpc) is 2.41. The fourth-order valence-electron chi connectivity index (χ4n) is 1.95. The molecule has 0 aliphatic rings. The summed E-state index contributed by atoms with van der Waals surface area (Å²) in [6.07, 6.45) is 0. The van der Waals surface area contributed by atoms with Gasteiger partial charge in [-0.1, -0.05) is 11.6 Å². The summed E-state index contributed by atoms with van der Waals surface area (Å²) < 4.78 is 5.23. The van der Waals surface area contributed by atoms with Gasteiger partial charge >= 0.3 is 0 Å². The third kappa shape index (κ3) is 3.44. The molecule has 0 fully saturated rings. The van der Waals surface area contributed by atoms with Gasteiger partial charge in [-0.3, -0.25) is 4.79 Å². The Bertz CT molecular complexity index is 681. The van der Waals surface area contributed by atoms with E-state index < -0.39 is 0 Å². The van der Waals surface area contributed by atoms with Gasteiger partial charge in [0.1, 0.15) is 11.6 Å². The molecule has 0 aliphatic heterocycles. The SMILES string of the molecule is COc1cc(Cl)c(C)cc1NC(=O)c1cc(C)nc(N)c1. The number of carbonyl (C=O) groups is 1. The van der Waals surface area contributed by atoms with Crippen LogP contribution in [0.2, 0.25) is 5.02 Å². The maximum Gasteiger partial charge on any atom is 0.255 e. The molecule has 3 N–H and O–H groups in total. The largest absolute Gasteiger partial charge is 0.495 e. The van der Waals surface area contributed by atoms with E-state index in [1.54, 1.807) is 25.1 Å². The van der Waals surface area contributed by atoms with Gasteiger partial charge in [-0.05, 0) is 37.6 Å². The number of hydrogen-bond donors (Lipinski definition) is 2. The number of ether oxygens (including phenoxy) is 1. The molecule has 1 amide bonds. The number of hydrogen-bond acceptors (Lipinski definition) is 4. The van der Waals surface area contributed by atoms with Crippen molar-refractivity contribution in [2.24, 2.45) is 0 Å². The first-order valence-corrected chi connectivity index (χ1v) is 6.68. The summed E-state index contributed by atoms with van der Waals surface area (Å²) in [6.45, 7) is 3.63. The van der Waals surface area contributed by atoms with Gasteiger partial charge in [0.25, 0.3) is 5.91 Å². The second-order valence-corrected chi connectivity index (χ2v) is 5.09. The third-order valence-electron chi connectivity index (χ3n) is 2.96. The Hall–Kier alpha value is -2.27. The molecule has 0 unspecified atom stereocenters. The summed E-state index contributed by atoms with van der Waals surface area (Å²) >= 11 is 6.04. The maximum atomic E-state index is 12.3. The Morgan fingerprint density at radius 2 is 2.00 bits per heavy atom. The van der Waals surface area contributed by atoms with Crippen molar-refractivity contribution in [1.82, 2.24) is 4.98 Å². The Morgan fingerprint density at radius 3 is 2.62 bits per heavy atom. The molecule has 0 saturated carbocycles. The minimum atomic E-state index is -0.285. The summed E-state index contributed by atoms with van der Waals surface area (Å²) in [5.41, 5.74) is 8.18. The van der Waals surface area contributed by atoms with Gasteiger partial charge in [0, 0.05) is 22.3 Å². The van der Waals surface area contributed by atoms with Crippen molar-refractivity contribution in [2.45, 2.75) is 13.8 Å². The van der Waals surface area contributed by atoms with Crippen molar-refractivity contribution in [1.29, 1.82) is 0 Å². The molecule has 0 bridgehead atoms. The standard InChI is InChI=1S/C15H16ClN3O2/c1-8-4-12(13(21-3)7-11(8)16)19-15(20)10-5-9(2)18-14(17)6-10/h4-7H,1-3H3,(H2,17,18)(H,19,20). The summed E-state index contributed by atoms with van der Waals surface area (Å²) in [5, 5.41) is 3.37. The summed E-state index contributed by atoms with van der Waals surface area (Å²) in [4.78, 5) is 16.3. The molecule has 0 radical (unpaired) electrons. The molecule has 1 heterocycles. The van der Waals surface area contributed by atoms with Crippen LogP contribution in [0.4, 0.5) is 11.5 Å². The molecule has 21 heavy (non-hydrogen) atoms. The molecule has 2 rings (SSSR count). The van der Waals surface area contributed by atoms with Gasteiger partial charge in [-0.2, -0.15) is 0 Å². The molecule has 2 aromatic rings. The first-order chi connectivity index (χ1) is 9.90. The number of carbonyl (C=O) groups excluding carboxylic acids is 1. The predicted molar refractivity (Wildman–Crippen MR) is 84.1 cm³/mol. The van der Waals surface area contributed by atoms with Crippen molar-refractivity contribution >= 4 is 29.0 Å². The lowest BCUT2D eigenvalue weighted by Gasteiger charge is -2.12. The Balaban J connectivity index is 2.33. The number of aryl methyl sites for hydroxylation is 2. The fourth-order valence-corrected chi connectivity index (χ4v) is 2.10. The van der Waals surface area contributed by atoms with Crippen LogP contribution in [0.15, 0.2) is 24.3 Å². The highest BCUT2D eigenvalue weighted by molar-refractivity contribution is 6.31. The molecule has 0 spiro atoms. The first-order valence-electron chi connectivity index (χ1n) is 6.30. The Kier molecular flexibility index (Phi) is 4.33. The lowest BCUT2D eigenvalue weighted by atomic mass is 10.1. The van der Waals surface area contributed by atoms with Crippen molar-refractivity contribution in [3.05, 3.63) is 46.1 Å². The number of nitrogens with one attached hydrogen (secondary N) is 1. The topological polar surface area (TPSA) is 77.2 Å². The lowest BCUT2D eigenvalue weighted by molar-refractivity contribution is 0.102. The number of nitrogen functional groups attached to an aromatic ring is 1. The van der Waals surface area contributed by atoms with E-state index in [0.717, 1.165) is 5.56 Å². The van der Waals surface area contributed by atoms with Crippen LogP contribution in [0, 0.1) is 13.8 Å². The van der Waals surface area contributed by atoms with Gasteiger partial charge in [0.15, 0.2) is 0 Å². The molecule has 6 heteroatoms. The number of amides is 1. The van der Waals surface area contributed by atoms with Crippen molar-refractivity contribution in [2.75, 3.05) is 18.2 Å². The first kappa shape index (κ1) is 15.1. The summed E-state index contributed by atoms with van der Waals surface area (Å²) in [5.74, 6) is 0.518. The number of aromatic nitrogens is 1. The predicted octanol–water partition coefficient (Wildman–Crippen LogP) is 3.19. The highest BCUT2D eigenvalue weighted by Crippen LogP contribution is 2.31. The molecule has 5 nitrogen and oxygen atoms in total. The highest BCUT2D eigenvalue weighted by Gasteiger charge is 2.13. The van der Waals surface area contributed by atoms with Crippen molar-refractivity contribution < 1.29 is 9.53 Å². The van der Waals surface area contributed by atoms with E-state index in [9.17, 15) is 4.79 Å². The zero-order valence-corrected chi connectivity index (χ0v) is 12.8. The number of pyridine rings is 1. The quantitative estimate of drug-likeness (QED) is 0.913. The smallest absolute Gasteiger partial charge is 0.255 e. The molecule has 1 aromatic carbocycles. The van der Waals surface area contributed by atoms with Crippen molar-refractivity contribution in [3.63, 3.8) is 0 Å². The van der Waals surface area contributed by atoms with E-state index in [2.05, 4.69) is 10.3 Å². The zero-order valence-electron chi connectivity index (χ0n) is 12.0. The monoisotopic (exact) mass is 305 g/mol. The van der Waals surface area contributed by atoms with Crippen LogP contribution in [-0.4, -0.2) is 18.0 Å². The minimum absolute atomic E-state index is 0.285.